The Bertz CT molecular complexity index is 1230. The van der Waals surface area contributed by atoms with Crippen LogP contribution in [-0.4, -0.2) is 60.1 Å². The average Bonchev–Trinajstić information content (AvgIpc) is 3.24. The lowest BCUT2D eigenvalue weighted by Crippen LogP contribution is -2.64. The largest absolute Gasteiger partial charge is 0.433 e. The van der Waals surface area contributed by atoms with Crippen molar-refractivity contribution in [2.75, 3.05) is 36.2 Å². The molecule has 9 nitrogen and oxygen atoms in total. The molecule has 186 valence electrons. The molecule has 3 heterocycles. The fraction of sp³-hybridized carbons (Fsp3) is 0.318. The smallest absolute Gasteiger partial charge is 0.387 e. The Morgan fingerprint density at radius 3 is 2.77 bits per heavy atom. The van der Waals surface area contributed by atoms with Gasteiger partial charge in [-0.05, 0) is 44.6 Å². The summed E-state index contributed by atoms with van der Waals surface area (Å²) in [5.41, 5.74) is 6.71. The number of carbonyl (C=O) groups excluding carboxylic acids is 1. The number of alkyl halides is 2. The lowest BCUT2D eigenvalue weighted by Gasteiger charge is -2.50. The van der Waals surface area contributed by atoms with Gasteiger partial charge in [0.05, 0.1) is 17.4 Å². The normalized spacial score (nSPS) is 17.4. The molecule has 13 heteroatoms. The number of nitrogens with one attached hydrogen (secondary N) is 2. The maximum Gasteiger partial charge on any atom is 0.387 e. The zero-order valence-electron chi connectivity index (χ0n) is 19.1. The van der Waals surface area contributed by atoms with Gasteiger partial charge in [0.2, 0.25) is 5.95 Å². The van der Waals surface area contributed by atoms with Gasteiger partial charge in [0.1, 0.15) is 10.0 Å². The number of halogens is 3. The monoisotopic (exact) mass is 523 g/mol. The maximum atomic E-state index is 13.2. The third kappa shape index (κ3) is 5.39. The van der Waals surface area contributed by atoms with Crippen molar-refractivity contribution in [2.45, 2.75) is 25.6 Å². The zero-order chi connectivity index (χ0) is 25.3. The Labute approximate surface area is 209 Å². The maximum absolute atomic E-state index is 13.2. The van der Waals surface area contributed by atoms with Gasteiger partial charge in [-0.15, -0.1) is 11.3 Å². The van der Waals surface area contributed by atoms with Crippen LogP contribution in [0.1, 0.15) is 17.3 Å². The number of benzene rings is 1. The van der Waals surface area contributed by atoms with Gasteiger partial charge in [-0.1, -0.05) is 11.6 Å². The van der Waals surface area contributed by atoms with E-state index in [-0.39, 0.29) is 34.3 Å². The number of likely N-dealkylation sites (N-methyl/N-ethyl adjacent to an activating group) is 1. The molecule has 1 aromatic carbocycles. The van der Waals surface area contributed by atoms with Crippen LogP contribution in [0.3, 0.4) is 0 Å². The van der Waals surface area contributed by atoms with Crippen LogP contribution in [0.4, 0.5) is 36.9 Å². The molecule has 1 aliphatic heterocycles. The van der Waals surface area contributed by atoms with E-state index in [0.717, 1.165) is 12.2 Å². The first-order chi connectivity index (χ1) is 16.6. The van der Waals surface area contributed by atoms with E-state index in [1.165, 1.54) is 17.5 Å². The number of primary amides is 1. The van der Waals surface area contributed by atoms with Gasteiger partial charge < -0.3 is 30.9 Å². The van der Waals surface area contributed by atoms with Crippen LogP contribution in [0.5, 0.6) is 5.75 Å². The second kappa shape index (κ2) is 10.2. The first-order valence-electron chi connectivity index (χ1n) is 10.6. The van der Waals surface area contributed by atoms with Crippen LogP contribution in [0, 0.1) is 0 Å². The number of carbonyl (C=O) groups is 1. The predicted molar refractivity (Wildman–Crippen MR) is 134 cm³/mol. The third-order valence-corrected chi connectivity index (χ3v) is 6.87. The Kier molecular flexibility index (Phi) is 7.24. The van der Waals surface area contributed by atoms with Gasteiger partial charge in [-0.3, -0.25) is 4.79 Å². The van der Waals surface area contributed by atoms with Gasteiger partial charge in [-0.25, -0.2) is 4.98 Å². The van der Waals surface area contributed by atoms with E-state index in [1.807, 2.05) is 20.2 Å². The highest BCUT2D eigenvalue weighted by Gasteiger charge is 2.37. The number of hydrogen-bond acceptors (Lipinski definition) is 9. The van der Waals surface area contributed by atoms with Crippen molar-refractivity contribution < 1.29 is 18.3 Å². The molecule has 1 fully saturated rings. The number of amides is 1. The van der Waals surface area contributed by atoms with Crippen molar-refractivity contribution in [2.24, 2.45) is 5.73 Å². The molecule has 3 aromatic rings. The van der Waals surface area contributed by atoms with Crippen LogP contribution in [0.15, 0.2) is 35.8 Å². The molecule has 2 atom stereocenters. The summed E-state index contributed by atoms with van der Waals surface area (Å²) in [6.45, 7) is -0.148. The molecule has 1 aliphatic rings. The quantitative estimate of drug-likeness (QED) is 0.376. The molecule has 1 saturated heterocycles. The topological polar surface area (TPSA) is 109 Å². The number of hydrogen-bond donors (Lipinski definition) is 3. The summed E-state index contributed by atoms with van der Waals surface area (Å²) < 4.78 is 31.1. The molecule has 0 radical (unpaired) electrons. The lowest BCUT2D eigenvalue weighted by atomic mass is 9.96. The van der Waals surface area contributed by atoms with E-state index in [4.69, 9.17) is 22.1 Å². The number of ether oxygens (including phenoxy) is 1. The van der Waals surface area contributed by atoms with E-state index in [2.05, 4.69) is 37.3 Å². The minimum Gasteiger partial charge on any atom is -0.433 e. The van der Waals surface area contributed by atoms with Crippen molar-refractivity contribution >= 4 is 57.0 Å². The molecule has 4 rings (SSSR count). The molecule has 0 saturated carbocycles. The minimum absolute atomic E-state index is 0.0414. The SMILES string of the molecule is C[C@H]1[C@@H](N(C)C)CN1c1ccc(Nc2ncc(Cl)c(Nc3sccc3C(N)=O)n2)c(OC(F)F)c1. The third-order valence-electron chi connectivity index (χ3n) is 5.76. The van der Waals surface area contributed by atoms with Gasteiger partial charge in [0.25, 0.3) is 5.91 Å². The van der Waals surface area contributed by atoms with Crippen molar-refractivity contribution in [3.63, 3.8) is 0 Å². The van der Waals surface area contributed by atoms with Gasteiger partial charge in [0.15, 0.2) is 11.6 Å². The van der Waals surface area contributed by atoms with Crippen LogP contribution >= 0.6 is 22.9 Å². The summed E-state index contributed by atoms with van der Waals surface area (Å²) in [6.07, 6.45) is 1.35. The fourth-order valence-electron chi connectivity index (χ4n) is 3.85. The zero-order valence-corrected chi connectivity index (χ0v) is 20.7. The van der Waals surface area contributed by atoms with E-state index >= 15 is 0 Å². The standard InChI is InChI=1S/C22H24ClF2N7O2S/c1-11-16(31(2)3)10-32(11)12-4-5-15(17(8-12)34-21(24)25)28-22-27-9-14(23)19(30-22)29-20-13(18(26)33)6-7-35-20/h4-9,11,16,21H,10H2,1-3H3,(H2,26,33)(H2,27,28,29,30)/t11-,16-/m0/s1. The summed E-state index contributed by atoms with van der Waals surface area (Å²) in [6, 6.07) is 7.20. The Morgan fingerprint density at radius 1 is 1.34 bits per heavy atom. The summed E-state index contributed by atoms with van der Waals surface area (Å²) in [5.74, 6) is -0.336. The van der Waals surface area contributed by atoms with E-state index in [1.54, 1.807) is 23.6 Å². The van der Waals surface area contributed by atoms with Gasteiger partial charge in [-0.2, -0.15) is 13.8 Å². The first kappa shape index (κ1) is 24.9. The molecule has 0 unspecified atom stereocenters. The molecule has 35 heavy (non-hydrogen) atoms. The number of thiophene rings is 1. The number of nitrogens with two attached hydrogens (primary N) is 1. The predicted octanol–water partition coefficient (Wildman–Crippen LogP) is 4.52. The summed E-state index contributed by atoms with van der Waals surface area (Å²) in [4.78, 5) is 24.3. The van der Waals surface area contributed by atoms with Gasteiger partial charge in [0, 0.05) is 30.4 Å². The summed E-state index contributed by atoms with van der Waals surface area (Å²) >= 11 is 7.47. The highest BCUT2D eigenvalue weighted by Crippen LogP contribution is 2.37. The molecule has 2 aromatic heterocycles. The molecule has 0 aliphatic carbocycles. The highest BCUT2D eigenvalue weighted by molar-refractivity contribution is 7.14. The molecular weight excluding hydrogens is 500 g/mol. The minimum atomic E-state index is -3.01. The molecule has 1 amide bonds. The van der Waals surface area contributed by atoms with E-state index in [9.17, 15) is 13.6 Å². The van der Waals surface area contributed by atoms with Crippen LogP contribution in [0.25, 0.3) is 0 Å². The highest BCUT2D eigenvalue weighted by atomic mass is 35.5. The number of rotatable bonds is 9. The van der Waals surface area contributed by atoms with E-state index < -0.39 is 12.5 Å². The van der Waals surface area contributed by atoms with Crippen molar-refractivity contribution in [1.82, 2.24) is 14.9 Å². The van der Waals surface area contributed by atoms with Crippen molar-refractivity contribution in [3.8, 4) is 5.75 Å². The van der Waals surface area contributed by atoms with Crippen LogP contribution < -0.4 is 26.0 Å². The first-order valence-corrected chi connectivity index (χ1v) is 11.9. The number of anilines is 5. The number of nitrogens with zero attached hydrogens (tertiary/aromatic N) is 4. The molecular formula is C22H24ClF2N7O2S. The second-order valence-corrected chi connectivity index (χ2v) is 9.47. The fourth-order valence-corrected chi connectivity index (χ4v) is 4.78. The summed E-state index contributed by atoms with van der Waals surface area (Å²) in [5, 5.41) is 8.24. The van der Waals surface area contributed by atoms with Gasteiger partial charge >= 0.3 is 6.61 Å². The Balaban J connectivity index is 1.58. The summed E-state index contributed by atoms with van der Waals surface area (Å²) in [7, 11) is 4.03. The van der Waals surface area contributed by atoms with Crippen LogP contribution in [0.2, 0.25) is 5.02 Å². The van der Waals surface area contributed by atoms with E-state index in [0.29, 0.717) is 16.6 Å². The average molecular weight is 524 g/mol. The molecule has 0 bridgehead atoms. The van der Waals surface area contributed by atoms with Crippen molar-refractivity contribution in [1.29, 1.82) is 0 Å². The second-order valence-electron chi connectivity index (χ2n) is 8.15. The Hall–Kier alpha value is -3.22. The number of aromatic nitrogens is 2. The lowest BCUT2D eigenvalue weighted by molar-refractivity contribution is -0.0493. The molecule has 4 N–H and O–H groups in total. The van der Waals surface area contributed by atoms with Crippen molar-refractivity contribution in [3.05, 3.63) is 46.4 Å². The Morgan fingerprint density at radius 2 is 2.11 bits per heavy atom. The molecule has 0 spiro atoms. The van der Waals surface area contributed by atoms with Crippen LogP contribution in [-0.2, 0) is 0 Å².